The topological polar surface area (TPSA) is 41.1 Å². The number of rotatable bonds is 2. The molecular formula is C19H24N2OS. The molecule has 0 heterocycles. The molecule has 2 N–H and O–H groups in total. The number of thiocarbonyl (C=S) groups is 1. The van der Waals surface area contributed by atoms with Gasteiger partial charge in [0.2, 0.25) is 5.91 Å². The van der Waals surface area contributed by atoms with Gasteiger partial charge in [-0.05, 0) is 87.1 Å². The first-order valence-corrected chi connectivity index (χ1v) is 9.13. The van der Waals surface area contributed by atoms with Gasteiger partial charge in [-0.2, -0.15) is 0 Å². The average molecular weight is 328 g/mol. The van der Waals surface area contributed by atoms with Crippen molar-refractivity contribution in [1.82, 2.24) is 5.32 Å². The number of nitrogens with one attached hydrogen (secondary N) is 2. The summed E-state index contributed by atoms with van der Waals surface area (Å²) in [6, 6.07) is 7.99. The highest BCUT2D eigenvalue weighted by atomic mass is 32.1. The Balaban J connectivity index is 1.44. The molecule has 4 heteroatoms. The van der Waals surface area contributed by atoms with Gasteiger partial charge >= 0.3 is 0 Å². The molecule has 0 spiro atoms. The standard InChI is InChI=1S/C19H24N2OS/c1-12-4-2-3-5-16(12)20-18(23)21-17(22)19-9-13-6-14(10-19)8-15(7-13)11-19/h2-5,13-15H,6-11H2,1H3,(H2,20,21,22,23). The van der Waals surface area contributed by atoms with Crippen molar-refractivity contribution in [2.45, 2.75) is 45.4 Å². The van der Waals surface area contributed by atoms with Crippen LogP contribution < -0.4 is 10.6 Å². The van der Waals surface area contributed by atoms with E-state index in [0.29, 0.717) is 5.11 Å². The molecule has 5 rings (SSSR count). The molecule has 1 amide bonds. The minimum absolute atomic E-state index is 0.147. The van der Waals surface area contributed by atoms with Gasteiger partial charge in [-0.15, -0.1) is 0 Å². The first-order valence-electron chi connectivity index (χ1n) is 8.72. The van der Waals surface area contributed by atoms with E-state index in [2.05, 4.69) is 10.6 Å². The lowest BCUT2D eigenvalue weighted by atomic mass is 9.49. The van der Waals surface area contributed by atoms with E-state index in [1.165, 1.54) is 19.3 Å². The molecule has 0 aliphatic heterocycles. The average Bonchev–Trinajstić information content (AvgIpc) is 2.48. The molecule has 0 radical (unpaired) electrons. The van der Waals surface area contributed by atoms with Crippen LogP contribution in [-0.4, -0.2) is 11.0 Å². The number of para-hydroxylation sites is 1. The van der Waals surface area contributed by atoms with Crippen molar-refractivity contribution in [3.63, 3.8) is 0 Å². The molecule has 4 bridgehead atoms. The van der Waals surface area contributed by atoms with Crippen LogP contribution in [0.5, 0.6) is 0 Å². The van der Waals surface area contributed by atoms with Gasteiger partial charge in [-0.1, -0.05) is 18.2 Å². The van der Waals surface area contributed by atoms with Gasteiger partial charge in [0, 0.05) is 5.69 Å². The smallest absolute Gasteiger partial charge is 0.232 e. The maximum absolute atomic E-state index is 12.9. The Hall–Kier alpha value is -1.42. The first-order chi connectivity index (χ1) is 11.0. The van der Waals surface area contributed by atoms with Crippen LogP contribution in [0.2, 0.25) is 0 Å². The minimum atomic E-state index is -0.147. The summed E-state index contributed by atoms with van der Waals surface area (Å²) in [5, 5.41) is 6.60. The van der Waals surface area contributed by atoms with Crippen LogP contribution in [0.4, 0.5) is 5.69 Å². The van der Waals surface area contributed by atoms with Crippen LogP contribution in [0.3, 0.4) is 0 Å². The van der Waals surface area contributed by atoms with Crippen LogP contribution in [0.1, 0.15) is 44.1 Å². The van der Waals surface area contributed by atoms with Crippen molar-refractivity contribution < 1.29 is 4.79 Å². The molecule has 23 heavy (non-hydrogen) atoms. The van der Waals surface area contributed by atoms with Crippen molar-refractivity contribution in [1.29, 1.82) is 0 Å². The quantitative estimate of drug-likeness (QED) is 0.806. The number of carbonyl (C=O) groups excluding carboxylic acids is 1. The van der Waals surface area contributed by atoms with Gasteiger partial charge in [0.15, 0.2) is 5.11 Å². The Kier molecular flexibility index (Phi) is 3.67. The van der Waals surface area contributed by atoms with E-state index in [4.69, 9.17) is 12.2 Å². The zero-order valence-corrected chi connectivity index (χ0v) is 14.4. The molecule has 0 aromatic heterocycles. The normalized spacial score (nSPS) is 34.2. The fourth-order valence-electron chi connectivity index (χ4n) is 5.49. The highest BCUT2D eigenvalue weighted by molar-refractivity contribution is 7.80. The van der Waals surface area contributed by atoms with E-state index in [-0.39, 0.29) is 11.3 Å². The highest BCUT2D eigenvalue weighted by Crippen LogP contribution is 2.60. The van der Waals surface area contributed by atoms with E-state index < -0.39 is 0 Å². The van der Waals surface area contributed by atoms with Gasteiger partial charge in [0.25, 0.3) is 0 Å². The largest absolute Gasteiger partial charge is 0.332 e. The molecular weight excluding hydrogens is 304 g/mol. The summed E-state index contributed by atoms with van der Waals surface area (Å²) in [6.07, 6.45) is 7.24. The van der Waals surface area contributed by atoms with Gasteiger partial charge in [-0.3, -0.25) is 4.79 Å². The Morgan fingerprint density at radius 2 is 1.65 bits per heavy atom. The maximum Gasteiger partial charge on any atom is 0.232 e. The fraction of sp³-hybridized carbons (Fsp3) is 0.579. The van der Waals surface area contributed by atoms with Gasteiger partial charge < -0.3 is 10.6 Å². The Morgan fingerprint density at radius 3 is 2.22 bits per heavy atom. The van der Waals surface area contributed by atoms with Crippen molar-refractivity contribution in [2.75, 3.05) is 5.32 Å². The van der Waals surface area contributed by atoms with E-state index in [0.717, 1.165) is 48.3 Å². The van der Waals surface area contributed by atoms with E-state index in [1.54, 1.807) is 0 Å². The van der Waals surface area contributed by atoms with E-state index in [1.807, 2.05) is 31.2 Å². The van der Waals surface area contributed by atoms with Crippen LogP contribution >= 0.6 is 12.2 Å². The molecule has 0 atom stereocenters. The summed E-state index contributed by atoms with van der Waals surface area (Å²) in [7, 11) is 0. The number of aryl methyl sites for hydroxylation is 1. The maximum atomic E-state index is 12.9. The number of amides is 1. The second-order valence-electron chi connectivity index (χ2n) is 7.92. The van der Waals surface area contributed by atoms with Crippen LogP contribution in [-0.2, 0) is 4.79 Å². The Labute approximate surface area is 143 Å². The zero-order chi connectivity index (χ0) is 16.0. The predicted octanol–water partition coefficient (Wildman–Crippen LogP) is 4.02. The van der Waals surface area contributed by atoms with E-state index in [9.17, 15) is 4.79 Å². The second kappa shape index (κ2) is 5.59. The van der Waals surface area contributed by atoms with E-state index >= 15 is 0 Å². The molecule has 122 valence electrons. The Bertz CT molecular complexity index is 619. The lowest BCUT2D eigenvalue weighted by Crippen LogP contribution is -2.55. The first kappa shape index (κ1) is 15.1. The van der Waals surface area contributed by atoms with Gasteiger partial charge in [0.1, 0.15) is 0 Å². The van der Waals surface area contributed by atoms with Crippen LogP contribution in [0.15, 0.2) is 24.3 Å². The summed E-state index contributed by atoms with van der Waals surface area (Å²) in [5.74, 6) is 2.46. The molecule has 0 saturated heterocycles. The number of hydrogen-bond donors (Lipinski definition) is 2. The third-order valence-corrected chi connectivity index (χ3v) is 6.34. The lowest BCUT2D eigenvalue weighted by Gasteiger charge is -2.55. The van der Waals surface area contributed by atoms with Gasteiger partial charge in [0.05, 0.1) is 5.41 Å². The SMILES string of the molecule is Cc1ccccc1NC(=S)NC(=O)C12CC3CC(CC(C3)C1)C2. The summed E-state index contributed by atoms with van der Waals surface area (Å²) >= 11 is 5.38. The zero-order valence-electron chi connectivity index (χ0n) is 13.6. The molecule has 4 fully saturated rings. The fourth-order valence-corrected chi connectivity index (χ4v) is 5.69. The number of benzene rings is 1. The minimum Gasteiger partial charge on any atom is -0.332 e. The molecule has 1 aromatic rings. The van der Waals surface area contributed by atoms with Crippen LogP contribution in [0.25, 0.3) is 0 Å². The molecule has 4 saturated carbocycles. The van der Waals surface area contributed by atoms with Crippen molar-refractivity contribution in [3.05, 3.63) is 29.8 Å². The summed E-state index contributed by atoms with van der Waals surface area (Å²) < 4.78 is 0. The number of hydrogen-bond acceptors (Lipinski definition) is 2. The third kappa shape index (κ3) is 2.78. The Morgan fingerprint density at radius 1 is 1.09 bits per heavy atom. The molecule has 4 aliphatic rings. The summed E-state index contributed by atoms with van der Waals surface area (Å²) in [6.45, 7) is 2.03. The third-order valence-electron chi connectivity index (χ3n) is 6.14. The van der Waals surface area contributed by atoms with Crippen LogP contribution in [0, 0.1) is 30.1 Å². The monoisotopic (exact) mass is 328 g/mol. The number of anilines is 1. The number of carbonyl (C=O) groups is 1. The molecule has 4 aliphatic carbocycles. The molecule has 1 aromatic carbocycles. The summed E-state index contributed by atoms with van der Waals surface area (Å²) in [5.41, 5.74) is 1.94. The second-order valence-corrected chi connectivity index (χ2v) is 8.33. The molecule has 0 unspecified atom stereocenters. The molecule has 3 nitrogen and oxygen atoms in total. The highest BCUT2D eigenvalue weighted by Gasteiger charge is 2.54. The summed E-state index contributed by atoms with van der Waals surface area (Å²) in [4.78, 5) is 12.9. The van der Waals surface area contributed by atoms with Crippen molar-refractivity contribution in [2.24, 2.45) is 23.2 Å². The van der Waals surface area contributed by atoms with Crippen molar-refractivity contribution in [3.8, 4) is 0 Å². The lowest BCUT2D eigenvalue weighted by molar-refractivity contribution is -0.144. The van der Waals surface area contributed by atoms with Gasteiger partial charge in [-0.25, -0.2) is 0 Å². The van der Waals surface area contributed by atoms with Crippen molar-refractivity contribution >= 4 is 28.9 Å². The predicted molar refractivity (Wildman–Crippen MR) is 96.1 cm³/mol.